The number of methoxy groups -OCH3 is 1. The Balaban J connectivity index is 2.05. The average molecular weight is 277 g/mol. The van der Waals surface area contributed by atoms with E-state index < -0.39 is 0 Å². The molecule has 0 fully saturated rings. The van der Waals surface area contributed by atoms with Gasteiger partial charge in [-0.15, -0.1) is 0 Å². The van der Waals surface area contributed by atoms with Crippen molar-refractivity contribution in [2.75, 3.05) is 20.3 Å². The van der Waals surface area contributed by atoms with E-state index in [-0.39, 0.29) is 0 Å². The fraction of sp³-hybridized carbons (Fsp3) is 0.214. The van der Waals surface area contributed by atoms with Gasteiger partial charge in [0.2, 0.25) is 0 Å². The first kappa shape index (κ1) is 12.3. The standard InChI is InChI=1S/C14H13ClN2O2/c1-18-4-5-19-9-2-3-12-10(6-9)11-7-14(15)16-8-13(11)17-12/h2-3,6-8,17H,4-5H2,1H3. The number of hydrogen-bond donors (Lipinski definition) is 1. The zero-order chi connectivity index (χ0) is 13.2. The van der Waals surface area contributed by atoms with Gasteiger partial charge in [0.15, 0.2) is 0 Å². The fourth-order valence-corrected chi connectivity index (χ4v) is 2.24. The molecule has 1 N–H and O–H groups in total. The van der Waals surface area contributed by atoms with Crippen molar-refractivity contribution in [3.05, 3.63) is 35.6 Å². The molecule has 0 bridgehead atoms. The largest absolute Gasteiger partial charge is 0.491 e. The van der Waals surface area contributed by atoms with Gasteiger partial charge in [-0.25, -0.2) is 4.98 Å². The average Bonchev–Trinajstić information content (AvgIpc) is 2.77. The lowest BCUT2D eigenvalue weighted by Gasteiger charge is -2.05. The van der Waals surface area contributed by atoms with Gasteiger partial charge in [0, 0.05) is 23.4 Å². The number of benzene rings is 1. The summed E-state index contributed by atoms with van der Waals surface area (Å²) in [5, 5.41) is 2.61. The third kappa shape index (κ3) is 2.37. The number of H-pyrrole nitrogens is 1. The second-order valence-corrected chi connectivity index (χ2v) is 4.61. The number of halogens is 1. The zero-order valence-electron chi connectivity index (χ0n) is 10.4. The van der Waals surface area contributed by atoms with Gasteiger partial charge in [0.1, 0.15) is 17.5 Å². The van der Waals surface area contributed by atoms with E-state index in [0.717, 1.165) is 27.6 Å². The molecular weight excluding hydrogens is 264 g/mol. The highest BCUT2D eigenvalue weighted by molar-refractivity contribution is 6.30. The van der Waals surface area contributed by atoms with Crippen molar-refractivity contribution in [3.8, 4) is 5.75 Å². The van der Waals surface area contributed by atoms with E-state index in [2.05, 4.69) is 9.97 Å². The minimum atomic E-state index is 0.485. The smallest absolute Gasteiger partial charge is 0.129 e. The SMILES string of the molecule is COCCOc1ccc2[nH]c3cnc(Cl)cc3c2c1. The molecule has 0 aliphatic carbocycles. The van der Waals surface area contributed by atoms with Crippen molar-refractivity contribution in [3.63, 3.8) is 0 Å². The van der Waals surface area contributed by atoms with Gasteiger partial charge in [-0.3, -0.25) is 0 Å². The Kier molecular flexibility index (Phi) is 3.27. The van der Waals surface area contributed by atoms with Gasteiger partial charge in [-0.2, -0.15) is 0 Å². The molecule has 98 valence electrons. The Bertz CT molecular complexity index is 724. The van der Waals surface area contributed by atoms with Crippen LogP contribution in [0, 0.1) is 0 Å². The van der Waals surface area contributed by atoms with Crippen molar-refractivity contribution in [1.29, 1.82) is 0 Å². The van der Waals surface area contributed by atoms with Crippen LogP contribution in [0.2, 0.25) is 5.15 Å². The van der Waals surface area contributed by atoms with Crippen LogP contribution >= 0.6 is 11.6 Å². The Morgan fingerprint density at radius 1 is 1.16 bits per heavy atom. The summed E-state index contributed by atoms with van der Waals surface area (Å²) in [5.41, 5.74) is 2.01. The molecule has 0 saturated carbocycles. The van der Waals surface area contributed by atoms with Gasteiger partial charge in [-0.05, 0) is 24.3 Å². The fourth-order valence-electron chi connectivity index (χ4n) is 2.09. The third-order valence-corrected chi connectivity index (χ3v) is 3.18. The van der Waals surface area contributed by atoms with Crippen LogP contribution in [-0.2, 0) is 4.74 Å². The molecule has 0 atom stereocenters. The van der Waals surface area contributed by atoms with Crippen LogP contribution in [0.4, 0.5) is 0 Å². The molecular formula is C14H13ClN2O2. The lowest BCUT2D eigenvalue weighted by Crippen LogP contribution is -2.03. The molecule has 19 heavy (non-hydrogen) atoms. The second kappa shape index (κ2) is 5.07. The normalized spacial score (nSPS) is 11.3. The number of rotatable bonds is 4. The number of nitrogens with zero attached hydrogens (tertiary/aromatic N) is 1. The number of hydrogen-bond acceptors (Lipinski definition) is 3. The molecule has 3 aromatic rings. The topological polar surface area (TPSA) is 47.1 Å². The lowest BCUT2D eigenvalue weighted by molar-refractivity contribution is 0.146. The molecule has 0 spiro atoms. The molecule has 3 rings (SSSR count). The van der Waals surface area contributed by atoms with E-state index in [1.165, 1.54) is 0 Å². The van der Waals surface area contributed by atoms with Crippen LogP contribution in [0.15, 0.2) is 30.5 Å². The first-order valence-corrected chi connectivity index (χ1v) is 6.34. The summed E-state index contributed by atoms with van der Waals surface area (Å²) in [6.07, 6.45) is 1.74. The van der Waals surface area contributed by atoms with E-state index in [0.29, 0.717) is 18.4 Å². The molecule has 0 radical (unpaired) electrons. The molecule has 0 saturated heterocycles. The van der Waals surface area contributed by atoms with Gasteiger partial charge in [-0.1, -0.05) is 11.6 Å². The summed E-state index contributed by atoms with van der Waals surface area (Å²) in [5.74, 6) is 0.818. The van der Waals surface area contributed by atoms with E-state index in [4.69, 9.17) is 21.1 Å². The number of pyridine rings is 1. The predicted molar refractivity (Wildman–Crippen MR) is 76.0 cm³/mol. The summed E-state index contributed by atoms with van der Waals surface area (Å²) in [4.78, 5) is 7.37. The molecule has 4 nitrogen and oxygen atoms in total. The van der Waals surface area contributed by atoms with Crippen LogP contribution in [0.1, 0.15) is 0 Å². The van der Waals surface area contributed by atoms with Crippen LogP contribution in [0.25, 0.3) is 21.8 Å². The minimum Gasteiger partial charge on any atom is -0.491 e. The van der Waals surface area contributed by atoms with Gasteiger partial charge in [0.25, 0.3) is 0 Å². The summed E-state index contributed by atoms with van der Waals surface area (Å²) in [7, 11) is 1.65. The quantitative estimate of drug-likeness (QED) is 0.587. The summed E-state index contributed by atoms with van der Waals surface area (Å²) >= 11 is 5.95. The Labute approximate surface area is 115 Å². The maximum absolute atomic E-state index is 5.95. The van der Waals surface area contributed by atoms with Crippen LogP contribution in [-0.4, -0.2) is 30.3 Å². The number of aromatic nitrogens is 2. The van der Waals surface area contributed by atoms with Crippen molar-refractivity contribution in [2.24, 2.45) is 0 Å². The maximum Gasteiger partial charge on any atom is 0.129 e. The number of fused-ring (bicyclic) bond motifs is 3. The lowest BCUT2D eigenvalue weighted by atomic mass is 10.2. The van der Waals surface area contributed by atoms with Crippen LogP contribution in [0.5, 0.6) is 5.75 Å². The van der Waals surface area contributed by atoms with Gasteiger partial charge < -0.3 is 14.5 Å². The molecule has 0 amide bonds. The number of nitrogens with one attached hydrogen (secondary N) is 1. The van der Waals surface area contributed by atoms with Gasteiger partial charge in [0.05, 0.1) is 18.3 Å². The Hall–Kier alpha value is -1.78. The Morgan fingerprint density at radius 3 is 2.84 bits per heavy atom. The van der Waals surface area contributed by atoms with Crippen molar-refractivity contribution in [2.45, 2.75) is 0 Å². The van der Waals surface area contributed by atoms with E-state index >= 15 is 0 Å². The van der Waals surface area contributed by atoms with Crippen LogP contribution < -0.4 is 4.74 Å². The summed E-state index contributed by atoms with van der Waals surface area (Å²) in [6.45, 7) is 1.11. The van der Waals surface area contributed by atoms with Gasteiger partial charge >= 0.3 is 0 Å². The zero-order valence-corrected chi connectivity index (χ0v) is 11.2. The van der Waals surface area contributed by atoms with Crippen molar-refractivity contribution < 1.29 is 9.47 Å². The molecule has 0 aliphatic rings. The van der Waals surface area contributed by atoms with Crippen molar-refractivity contribution in [1.82, 2.24) is 9.97 Å². The summed E-state index contributed by atoms with van der Waals surface area (Å²) in [6, 6.07) is 7.78. The number of ether oxygens (including phenoxy) is 2. The first-order chi connectivity index (χ1) is 9.28. The summed E-state index contributed by atoms with van der Waals surface area (Å²) < 4.78 is 10.6. The van der Waals surface area contributed by atoms with Crippen molar-refractivity contribution >= 4 is 33.4 Å². The van der Waals surface area contributed by atoms with E-state index in [1.807, 2.05) is 24.3 Å². The van der Waals surface area contributed by atoms with E-state index in [9.17, 15) is 0 Å². The maximum atomic E-state index is 5.95. The molecule has 5 heteroatoms. The highest BCUT2D eigenvalue weighted by Gasteiger charge is 2.06. The highest BCUT2D eigenvalue weighted by atomic mass is 35.5. The molecule has 2 aromatic heterocycles. The third-order valence-electron chi connectivity index (χ3n) is 2.98. The molecule has 2 heterocycles. The van der Waals surface area contributed by atoms with E-state index in [1.54, 1.807) is 13.3 Å². The number of aromatic amines is 1. The Morgan fingerprint density at radius 2 is 2.00 bits per heavy atom. The monoisotopic (exact) mass is 276 g/mol. The predicted octanol–water partition coefficient (Wildman–Crippen LogP) is 3.39. The highest BCUT2D eigenvalue weighted by Crippen LogP contribution is 2.29. The molecule has 0 unspecified atom stereocenters. The molecule has 0 aliphatic heterocycles. The van der Waals surface area contributed by atoms with Crippen LogP contribution in [0.3, 0.4) is 0 Å². The first-order valence-electron chi connectivity index (χ1n) is 5.96. The second-order valence-electron chi connectivity index (χ2n) is 4.23. The molecule has 1 aromatic carbocycles. The minimum absolute atomic E-state index is 0.485.